The normalized spacial score (nSPS) is 27.9. The van der Waals surface area contributed by atoms with Gasteiger partial charge in [-0.3, -0.25) is 24.6 Å². The number of rotatable bonds is 6. The van der Waals surface area contributed by atoms with Gasteiger partial charge >= 0.3 is 0 Å². The van der Waals surface area contributed by atoms with Gasteiger partial charge < -0.3 is 15.2 Å². The van der Waals surface area contributed by atoms with Crippen LogP contribution in [-0.4, -0.2) is 54.0 Å². The minimum Gasteiger partial charge on any atom is -0.508 e. The summed E-state index contributed by atoms with van der Waals surface area (Å²) < 4.78 is 5.10. The molecule has 3 amide bonds. The number of anilines is 1. The van der Waals surface area contributed by atoms with Crippen molar-refractivity contribution in [3.8, 4) is 5.75 Å². The lowest BCUT2D eigenvalue weighted by molar-refractivity contribution is -0.143. The number of benzene rings is 2. The van der Waals surface area contributed by atoms with Crippen molar-refractivity contribution in [3.63, 3.8) is 0 Å². The first-order chi connectivity index (χ1) is 15.9. The van der Waals surface area contributed by atoms with Gasteiger partial charge in [-0.25, -0.2) is 0 Å². The minimum atomic E-state index is -1.30. The minimum absolute atomic E-state index is 0.156. The van der Waals surface area contributed by atoms with E-state index < -0.39 is 23.4 Å². The Balaban J connectivity index is 1.58. The highest BCUT2D eigenvalue weighted by molar-refractivity contribution is 6.15. The average molecular weight is 450 g/mol. The quantitative estimate of drug-likeness (QED) is 0.458. The first kappa shape index (κ1) is 21.6. The molecule has 3 aliphatic rings. The van der Waals surface area contributed by atoms with E-state index in [0.29, 0.717) is 25.1 Å². The molecule has 8 heteroatoms. The molecule has 3 aliphatic heterocycles. The van der Waals surface area contributed by atoms with E-state index in [1.54, 1.807) is 31.4 Å². The van der Waals surface area contributed by atoms with Crippen molar-refractivity contribution in [1.82, 2.24) is 10.2 Å². The molecule has 1 spiro atoms. The highest BCUT2D eigenvalue weighted by atomic mass is 16.5. The van der Waals surface area contributed by atoms with Crippen LogP contribution in [0, 0.1) is 18.8 Å². The zero-order valence-corrected chi connectivity index (χ0v) is 18.6. The molecule has 2 aromatic rings. The molecule has 4 atom stereocenters. The van der Waals surface area contributed by atoms with Crippen LogP contribution in [0.4, 0.5) is 5.69 Å². The number of carbonyl (C=O) groups is 3. The van der Waals surface area contributed by atoms with Crippen LogP contribution < -0.4 is 10.6 Å². The third-order valence-corrected chi connectivity index (χ3v) is 7.17. The number of nitrogens with zero attached hydrogens (tertiary/aromatic N) is 1. The summed E-state index contributed by atoms with van der Waals surface area (Å²) in [5.74, 6) is -2.18. The zero-order valence-electron chi connectivity index (χ0n) is 18.6. The highest BCUT2D eigenvalue weighted by Crippen LogP contribution is 2.53. The lowest BCUT2D eigenvalue weighted by Crippen LogP contribution is -2.53. The van der Waals surface area contributed by atoms with E-state index in [1.165, 1.54) is 4.90 Å². The maximum Gasteiger partial charge on any atom is 0.250 e. The molecule has 172 valence electrons. The fourth-order valence-electron chi connectivity index (χ4n) is 5.68. The van der Waals surface area contributed by atoms with Crippen LogP contribution >= 0.6 is 0 Å². The van der Waals surface area contributed by atoms with Crippen LogP contribution in [0.15, 0.2) is 42.5 Å². The van der Waals surface area contributed by atoms with E-state index in [0.717, 1.165) is 16.7 Å². The summed E-state index contributed by atoms with van der Waals surface area (Å²) in [7, 11) is 1.58. The highest BCUT2D eigenvalue weighted by Gasteiger charge is 2.70. The SMILES string of the molecule is COCCCN1C(=O)C2C(Cc3ccc(O)cc3)NC3(C(=O)Nc4c(C)cccc43)C2C1=O. The van der Waals surface area contributed by atoms with Crippen molar-refractivity contribution in [2.75, 3.05) is 25.6 Å². The second kappa shape index (κ2) is 7.97. The average Bonchev–Trinajstić information content (AvgIpc) is 3.37. The molecule has 0 aromatic heterocycles. The molecular formula is C25H27N3O5. The van der Waals surface area contributed by atoms with Gasteiger partial charge in [0.15, 0.2) is 0 Å². The van der Waals surface area contributed by atoms with Crippen molar-refractivity contribution in [1.29, 1.82) is 0 Å². The Morgan fingerprint density at radius 3 is 2.58 bits per heavy atom. The number of phenols is 1. The molecular weight excluding hydrogens is 422 g/mol. The Kier molecular flexibility index (Phi) is 5.22. The predicted octanol–water partition coefficient (Wildman–Crippen LogP) is 1.70. The maximum absolute atomic E-state index is 13.6. The number of amides is 3. The molecule has 2 aromatic carbocycles. The smallest absolute Gasteiger partial charge is 0.250 e. The molecule has 0 bridgehead atoms. The summed E-state index contributed by atoms with van der Waals surface area (Å²) in [5, 5.41) is 16.0. The molecule has 0 saturated carbocycles. The van der Waals surface area contributed by atoms with Gasteiger partial charge in [-0.1, -0.05) is 30.3 Å². The van der Waals surface area contributed by atoms with Crippen LogP contribution in [0.1, 0.15) is 23.1 Å². The molecule has 5 rings (SSSR count). The topological polar surface area (TPSA) is 108 Å². The third kappa shape index (κ3) is 3.16. The lowest BCUT2D eigenvalue weighted by Gasteiger charge is -2.29. The number of likely N-dealkylation sites (tertiary alicyclic amines) is 1. The summed E-state index contributed by atoms with van der Waals surface area (Å²) in [6.45, 7) is 2.62. The Hall–Kier alpha value is -3.23. The summed E-state index contributed by atoms with van der Waals surface area (Å²) in [5.41, 5.74) is 1.94. The number of nitrogens with one attached hydrogen (secondary N) is 2. The van der Waals surface area contributed by atoms with Crippen molar-refractivity contribution < 1.29 is 24.2 Å². The fraction of sp³-hybridized carbons (Fsp3) is 0.400. The Morgan fingerprint density at radius 1 is 1.09 bits per heavy atom. The largest absolute Gasteiger partial charge is 0.508 e. The Labute approximate surface area is 191 Å². The summed E-state index contributed by atoms with van der Waals surface area (Å²) in [4.78, 5) is 42.0. The van der Waals surface area contributed by atoms with E-state index in [1.807, 2.05) is 25.1 Å². The van der Waals surface area contributed by atoms with Gasteiger partial charge in [-0.2, -0.15) is 0 Å². The number of hydrogen-bond acceptors (Lipinski definition) is 6. The molecule has 2 saturated heterocycles. The first-order valence-electron chi connectivity index (χ1n) is 11.2. The number of imide groups is 1. The van der Waals surface area contributed by atoms with Crippen molar-refractivity contribution in [2.45, 2.75) is 31.3 Å². The summed E-state index contributed by atoms with van der Waals surface area (Å²) in [6.07, 6.45) is 0.987. The molecule has 4 unspecified atom stereocenters. The number of ether oxygens (including phenoxy) is 1. The predicted molar refractivity (Wildman–Crippen MR) is 120 cm³/mol. The first-order valence-corrected chi connectivity index (χ1v) is 11.2. The van der Waals surface area contributed by atoms with Crippen molar-refractivity contribution >= 4 is 23.4 Å². The maximum atomic E-state index is 13.6. The van der Waals surface area contributed by atoms with Crippen LogP contribution in [0.25, 0.3) is 0 Å². The Morgan fingerprint density at radius 2 is 1.85 bits per heavy atom. The van der Waals surface area contributed by atoms with E-state index in [-0.39, 0.29) is 30.0 Å². The molecule has 0 radical (unpaired) electrons. The Bertz CT molecular complexity index is 1130. The molecule has 2 fully saturated rings. The van der Waals surface area contributed by atoms with Crippen molar-refractivity contribution in [3.05, 3.63) is 59.2 Å². The van der Waals surface area contributed by atoms with Gasteiger partial charge in [0.05, 0.1) is 11.8 Å². The fourth-order valence-corrected chi connectivity index (χ4v) is 5.68. The van der Waals surface area contributed by atoms with E-state index in [9.17, 15) is 19.5 Å². The number of aromatic hydroxyl groups is 1. The van der Waals surface area contributed by atoms with Gasteiger partial charge in [0.2, 0.25) is 17.7 Å². The van der Waals surface area contributed by atoms with Gasteiger partial charge in [-0.15, -0.1) is 0 Å². The molecule has 3 N–H and O–H groups in total. The molecule has 33 heavy (non-hydrogen) atoms. The second-order valence-corrected chi connectivity index (χ2v) is 9.06. The second-order valence-electron chi connectivity index (χ2n) is 9.06. The summed E-state index contributed by atoms with van der Waals surface area (Å²) >= 11 is 0. The number of methoxy groups -OCH3 is 1. The van der Waals surface area contributed by atoms with Crippen LogP contribution in [-0.2, 0) is 31.1 Å². The molecule has 0 aliphatic carbocycles. The third-order valence-electron chi connectivity index (χ3n) is 7.17. The number of carbonyl (C=O) groups excluding carboxylic acids is 3. The molecule has 8 nitrogen and oxygen atoms in total. The number of para-hydroxylation sites is 1. The lowest BCUT2D eigenvalue weighted by atomic mass is 9.76. The van der Waals surface area contributed by atoms with Gasteiger partial charge in [0, 0.05) is 37.6 Å². The van der Waals surface area contributed by atoms with Crippen molar-refractivity contribution in [2.24, 2.45) is 11.8 Å². The van der Waals surface area contributed by atoms with Crippen LogP contribution in [0.2, 0.25) is 0 Å². The van der Waals surface area contributed by atoms with Gasteiger partial charge in [0.1, 0.15) is 11.3 Å². The van der Waals surface area contributed by atoms with Crippen LogP contribution in [0.5, 0.6) is 5.75 Å². The number of aryl methyl sites for hydroxylation is 1. The number of phenolic OH excluding ortho intramolecular Hbond substituents is 1. The van der Waals surface area contributed by atoms with Gasteiger partial charge in [-0.05, 0) is 43.0 Å². The van der Waals surface area contributed by atoms with E-state index >= 15 is 0 Å². The summed E-state index contributed by atoms with van der Waals surface area (Å²) in [6, 6.07) is 12.0. The monoisotopic (exact) mass is 449 g/mol. The molecule has 3 heterocycles. The van der Waals surface area contributed by atoms with Crippen LogP contribution in [0.3, 0.4) is 0 Å². The van der Waals surface area contributed by atoms with E-state index in [4.69, 9.17) is 4.74 Å². The van der Waals surface area contributed by atoms with Gasteiger partial charge in [0.25, 0.3) is 0 Å². The number of fused-ring (bicyclic) bond motifs is 4. The standard InChI is InChI=1S/C25H27N3O5/c1-14-5-3-6-17-21(14)26-24(32)25(17)20-19(22(30)28(23(20)31)11-4-12-33-2)18(27-25)13-15-7-9-16(29)10-8-15/h3,5-10,18-20,27,29H,4,11-13H2,1-2H3,(H,26,32). The number of hydrogen-bond donors (Lipinski definition) is 3. The zero-order chi connectivity index (χ0) is 23.3. The van der Waals surface area contributed by atoms with E-state index in [2.05, 4.69) is 10.6 Å².